The van der Waals surface area contributed by atoms with E-state index in [9.17, 15) is 9.59 Å². The van der Waals surface area contributed by atoms with Gasteiger partial charge in [0.25, 0.3) is 11.5 Å². The number of hydrogen-bond acceptors (Lipinski definition) is 4. The number of carbonyl (C=O) groups is 1. The molecule has 0 aliphatic heterocycles. The molecule has 0 atom stereocenters. The number of aryl methyl sites for hydroxylation is 1. The van der Waals surface area contributed by atoms with Crippen LogP contribution in [0.25, 0.3) is 10.9 Å². The van der Waals surface area contributed by atoms with Crippen LogP contribution in [0.4, 0.5) is 0 Å². The molecule has 0 unspecified atom stereocenters. The molecule has 1 heterocycles. The van der Waals surface area contributed by atoms with E-state index in [0.29, 0.717) is 38.9 Å². The minimum Gasteiger partial charge on any atom is -0.349 e. The predicted molar refractivity (Wildman–Crippen MR) is 147 cm³/mol. The van der Waals surface area contributed by atoms with Gasteiger partial charge in [-0.05, 0) is 60.7 Å². The molecule has 0 bridgehead atoms. The highest BCUT2D eigenvalue weighted by Crippen LogP contribution is 2.25. The molecule has 7 heteroatoms. The average Bonchev–Trinajstić information content (AvgIpc) is 3.40. The quantitative estimate of drug-likeness (QED) is 0.221. The van der Waals surface area contributed by atoms with Crippen molar-refractivity contribution >= 4 is 40.2 Å². The Morgan fingerprint density at radius 1 is 1.00 bits per heavy atom. The summed E-state index contributed by atoms with van der Waals surface area (Å²) in [5.74, 6) is 0.526. The van der Waals surface area contributed by atoms with Crippen LogP contribution in [-0.4, -0.2) is 21.5 Å². The smallest absolute Gasteiger partial charge is 0.262 e. The molecule has 36 heavy (non-hydrogen) atoms. The fourth-order valence-electron chi connectivity index (χ4n) is 4.65. The summed E-state index contributed by atoms with van der Waals surface area (Å²) in [5, 5.41) is 4.96. The first-order valence-corrected chi connectivity index (χ1v) is 13.7. The van der Waals surface area contributed by atoms with Crippen molar-refractivity contribution in [2.75, 3.05) is 0 Å². The maximum atomic E-state index is 13.6. The van der Waals surface area contributed by atoms with Crippen LogP contribution in [0.5, 0.6) is 0 Å². The number of hydrogen-bond donors (Lipinski definition) is 1. The predicted octanol–water partition coefficient (Wildman–Crippen LogP) is 6.26. The highest BCUT2D eigenvalue weighted by atomic mass is 35.5. The highest BCUT2D eigenvalue weighted by Gasteiger charge is 2.19. The Hall–Kier alpha value is -3.09. The van der Waals surface area contributed by atoms with Gasteiger partial charge in [0.2, 0.25) is 0 Å². The zero-order valence-corrected chi connectivity index (χ0v) is 21.5. The van der Waals surface area contributed by atoms with E-state index in [2.05, 4.69) is 17.4 Å². The van der Waals surface area contributed by atoms with E-state index in [1.54, 1.807) is 22.8 Å². The fourth-order valence-corrected chi connectivity index (χ4v) is 5.83. The SMILES string of the molecule is O=C(NC1CCCC1)c1ccc2c(=O)n(CCc3ccccc3)c(SCc3cccc(Cl)c3)nc2c1. The summed E-state index contributed by atoms with van der Waals surface area (Å²) in [6, 6.07) is 23.3. The van der Waals surface area contributed by atoms with Gasteiger partial charge in [-0.15, -0.1) is 0 Å². The summed E-state index contributed by atoms with van der Waals surface area (Å²) in [4.78, 5) is 31.3. The molecule has 184 valence electrons. The molecular weight excluding hydrogens is 490 g/mol. The zero-order chi connectivity index (χ0) is 24.9. The lowest BCUT2D eigenvalue weighted by Crippen LogP contribution is -2.32. The van der Waals surface area contributed by atoms with E-state index >= 15 is 0 Å². The van der Waals surface area contributed by atoms with E-state index in [1.807, 2.05) is 42.5 Å². The number of benzene rings is 3. The van der Waals surface area contributed by atoms with Gasteiger partial charge in [-0.1, -0.05) is 78.7 Å². The summed E-state index contributed by atoms with van der Waals surface area (Å²) in [6.45, 7) is 0.521. The number of nitrogens with zero attached hydrogens (tertiary/aromatic N) is 2. The summed E-state index contributed by atoms with van der Waals surface area (Å²) < 4.78 is 1.75. The first kappa shape index (κ1) is 24.6. The first-order chi connectivity index (χ1) is 17.6. The summed E-state index contributed by atoms with van der Waals surface area (Å²) in [5.41, 5.74) is 3.21. The number of carbonyl (C=O) groups excluding carboxylic acids is 1. The largest absolute Gasteiger partial charge is 0.349 e. The van der Waals surface area contributed by atoms with Crippen LogP contribution in [0.15, 0.2) is 82.7 Å². The molecule has 5 rings (SSSR count). The average molecular weight is 518 g/mol. The minimum absolute atomic E-state index is 0.0905. The Kier molecular flexibility index (Phi) is 7.73. The fraction of sp³-hybridized carbons (Fsp3) is 0.276. The number of rotatable bonds is 8. The van der Waals surface area contributed by atoms with Crippen molar-refractivity contribution in [2.24, 2.45) is 0 Å². The Balaban J connectivity index is 1.47. The zero-order valence-electron chi connectivity index (χ0n) is 20.0. The van der Waals surface area contributed by atoms with Crippen LogP contribution in [0.1, 0.15) is 47.2 Å². The second kappa shape index (κ2) is 11.3. The van der Waals surface area contributed by atoms with Crippen molar-refractivity contribution in [1.29, 1.82) is 0 Å². The molecule has 1 aliphatic carbocycles. The first-order valence-electron chi connectivity index (χ1n) is 12.3. The summed E-state index contributed by atoms with van der Waals surface area (Å²) >= 11 is 7.67. The molecule has 0 spiro atoms. The molecule has 1 amide bonds. The Morgan fingerprint density at radius 3 is 2.56 bits per heavy atom. The van der Waals surface area contributed by atoms with Crippen molar-refractivity contribution in [3.63, 3.8) is 0 Å². The maximum Gasteiger partial charge on any atom is 0.262 e. The molecule has 1 saturated carbocycles. The molecule has 1 aromatic heterocycles. The van der Waals surface area contributed by atoms with Gasteiger partial charge >= 0.3 is 0 Å². The molecule has 1 fully saturated rings. The van der Waals surface area contributed by atoms with Crippen LogP contribution < -0.4 is 10.9 Å². The molecule has 0 saturated heterocycles. The van der Waals surface area contributed by atoms with Crippen LogP contribution in [0.2, 0.25) is 5.02 Å². The van der Waals surface area contributed by atoms with Gasteiger partial charge in [-0.2, -0.15) is 0 Å². The normalized spacial score (nSPS) is 13.8. The van der Waals surface area contributed by atoms with E-state index in [1.165, 1.54) is 11.8 Å². The lowest BCUT2D eigenvalue weighted by Gasteiger charge is -2.15. The van der Waals surface area contributed by atoms with Gasteiger partial charge < -0.3 is 5.32 Å². The lowest BCUT2D eigenvalue weighted by molar-refractivity contribution is 0.0938. The second-order valence-corrected chi connectivity index (χ2v) is 10.6. The van der Waals surface area contributed by atoms with Crippen molar-refractivity contribution < 1.29 is 4.79 Å². The molecular formula is C29H28ClN3O2S. The molecule has 4 aromatic rings. The van der Waals surface area contributed by atoms with Crippen LogP contribution in [-0.2, 0) is 18.7 Å². The van der Waals surface area contributed by atoms with Gasteiger partial charge in [-0.25, -0.2) is 4.98 Å². The van der Waals surface area contributed by atoms with Gasteiger partial charge in [0, 0.05) is 28.9 Å². The summed E-state index contributed by atoms with van der Waals surface area (Å²) in [7, 11) is 0. The number of fused-ring (bicyclic) bond motifs is 1. The van der Waals surface area contributed by atoms with Crippen LogP contribution in [0, 0.1) is 0 Å². The summed E-state index contributed by atoms with van der Waals surface area (Å²) in [6.07, 6.45) is 5.07. The van der Waals surface area contributed by atoms with E-state index in [4.69, 9.17) is 16.6 Å². The minimum atomic E-state index is -0.105. The number of aromatic nitrogens is 2. The van der Waals surface area contributed by atoms with E-state index < -0.39 is 0 Å². The second-order valence-electron chi connectivity index (χ2n) is 9.19. The third-order valence-corrected chi connectivity index (χ3v) is 7.88. The molecule has 0 radical (unpaired) electrons. The molecule has 5 nitrogen and oxygen atoms in total. The van der Waals surface area contributed by atoms with Gasteiger partial charge in [0.1, 0.15) is 0 Å². The van der Waals surface area contributed by atoms with Crippen molar-refractivity contribution in [2.45, 2.75) is 55.6 Å². The van der Waals surface area contributed by atoms with Gasteiger partial charge in [0.05, 0.1) is 10.9 Å². The lowest BCUT2D eigenvalue weighted by atomic mass is 10.1. The van der Waals surface area contributed by atoms with Gasteiger partial charge in [0.15, 0.2) is 5.16 Å². The van der Waals surface area contributed by atoms with Crippen LogP contribution >= 0.6 is 23.4 Å². The van der Waals surface area contributed by atoms with E-state index in [0.717, 1.165) is 43.2 Å². The Morgan fingerprint density at radius 2 is 1.78 bits per heavy atom. The van der Waals surface area contributed by atoms with E-state index in [-0.39, 0.29) is 17.5 Å². The third-order valence-electron chi connectivity index (χ3n) is 6.60. The monoisotopic (exact) mass is 517 g/mol. The number of thioether (sulfide) groups is 1. The number of nitrogens with one attached hydrogen (secondary N) is 1. The van der Waals surface area contributed by atoms with Crippen molar-refractivity contribution in [1.82, 2.24) is 14.9 Å². The standard InChI is InChI=1S/C29H28ClN3O2S/c30-23-10-6-9-21(17-23)19-36-29-32-26-18-22(27(34)31-24-11-4-5-12-24)13-14-25(26)28(35)33(29)16-15-20-7-2-1-3-8-20/h1-3,6-10,13-14,17-18,24H,4-5,11-12,15-16,19H2,(H,31,34). The highest BCUT2D eigenvalue weighted by molar-refractivity contribution is 7.98. The number of halogens is 1. The topological polar surface area (TPSA) is 64.0 Å². The van der Waals surface area contributed by atoms with Gasteiger partial charge in [-0.3, -0.25) is 14.2 Å². The van der Waals surface area contributed by atoms with Crippen molar-refractivity contribution in [3.05, 3.63) is 105 Å². The molecule has 3 aromatic carbocycles. The van der Waals surface area contributed by atoms with Crippen LogP contribution in [0.3, 0.4) is 0 Å². The number of amides is 1. The maximum absolute atomic E-state index is 13.6. The Bertz CT molecular complexity index is 1430. The molecule has 1 N–H and O–H groups in total. The third kappa shape index (κ3) is 5.82. The van der Waals surface area contributed by atoms with Crippen molar-refractivity contribution in [3.8, 4) is 0 Å². The Labute approximate surface area is 219 Å². The molecule has 1 aliphatic rings.